The second-order valence-corrected chi connectivity index (χ2v) is 5.99. The van der Waals surface area contributed by atoms with Gasteiger partial charge >= 0.3 is 0 Å². The van der Waals surface area contributed by atoms with Crippen molar-refractivity contribution in [2.45, 2.75) is 13.0 Å². The normalized spacial score (nSPS) is 9.81. The zero-order valence-electron chi connectivity index (χ0n) is 11.5. The van der Waals surface area contributed by atoms with Gasteiger partial charge in [-0.3, -0.25) is 4.79 Å². The molecule has 0 aliphatic heterocycles. The molecular weight excluding hydrogens is 306 g/mol. The van der Waals surface area contributed by atoms with E-state index in [2.05, 4.69) is 17.2 Å². The van der Waals surface area contributed by atoms with E-state index in [-0.39, 0.29) is 12.5 Å². The van der Waals surface area contributed by atoms with Gasteiger partial charge < -0.3 is 15.2 Å². The van der Waals surface area contributed by atoms with Crippen LogP contribution in [0, 0.1) is 11.8 Å². The largest absolute Gasteiger partial charge is 0.495 e. The highest BCUT2D eigenvalue weighted by Gasteiger charge is 2.13. The van der Waals surface area contributed by atoms with Crippen molar-refractivity contribution in [3.05, 3.63) is 38.2 Å². The summed E-state index contributed by atoms with van der Waals surface area (Å²) in [7, 11) is 1.55. The minimum atomic E-state index is -0.136. The van der Waals surface area contributed by atoms with Crippen LogP contribution < -0.4 is 10.1 Å². The first-order chi connectivity index (χ1) is 10.2. The van der Waals surface area contributed by atoms with E-state index in [9.17, 15) is 4.79 Å². The second-order valence-electron chi connectivity index (χ2n) is 4.08. The van der Waals surface area contributed by atoms with Crippen molar-refractivity contribution in [2.75, 3.05) is 13.7 Å². The number of amides is 1. The molecule has 0 fully saturated rings. The maximum Gasteiger partial charge on any atom is 0.265 e. The number of aliphatic hydroxyl groups is 1. The molecule has 4 nitrogen and oxygen atoms in total. The molecule has 0 saturated carbocycles. The molecule has 110 valence electrons. The summed E-state index contributed by atoms with van der Waals surface area (Å²) in [5, 5.41) is 15.3. The van der Waals surface area contributed by atoms with Crippen molar-refractivity contribution >= 4 is 28.6 Å². The van der Waals surface area contributed by atoms with E-state index < -0.39 is 0 Å². The molecule has 0 unspecified atom stereocenters. The predicted octanol–water partition coefficient (Wildman–Crippen LogP) is 2.48. The van der Waals surface area contributed by atoms with Gasteiger partial charge in [-0.2, -0.15) is 0 Å². The van der Waals surface area contributed by atoms with Crippen molar-refractivity contribution in [1.29, 1.82) is 0 Å². The Balaban J connectivity index is 1.92. The summed E-state index contributed by atoms with van der Waals surface area (Å²) in [6, 6.07) is 3.72. The first-order valence-electron chi connectivity index (χ1n) is 6.31. The molecule has 6 heteroatoms. The molecule has 0 spiro atoms. The highest BCUT2D eigenvalue weighted by Crippen LogP contribution is 2.24. The van der Waals surface area contributed by atoms with Crippen molar-refractivity contribution in [3.63, 3.8) is 0 Å². The Hall–Kier alpha value is -1.81. The average molecular weight is 321 g/mol. The molecule has 0 aliphatic rings. The fraction of sp³-hybridized carbons (Fsp3) is 0.267. The Bertz CT molecular complexity index is 664. The number of nitrogens with one attached hydrogen (secondary N) is 1. The molecule has 0 bridgehead atoms. The third kappa shape index (κ3) is 4.33. The number of thiophene rings is 2. The molecule has 2 aromatic rings. The Kier molecular flexibility index (Phi) is 5.81. The fourth-order valence-corrected chi connectivity index (χ4v) is 3.16. The standard InChI is InChI=1S/C15H15NO3S2/c1-19-13-5-7-20-14(13)15(18)16-9-12-8-11(10-21-12)4-2-3-6-17/h5,7-8,10,17H,3,6,9H2,1H3,(H,16,18). The van der Waals surface area contributed by atoms with Gasteiger partial charge in [0.25, 0.3) is 5.91 Å². The van der Waals surface area contributed by atoms with Crippen molar-refractivity contribution in [2.24, 2.45) is 0 Å². The molecule has 2 rings (SSSR count). The van der Waals surface area contributed by atoms with E-state index in [4.69, 9.17) is 9.84 Å². The molecular formula is C15H15NO3S2. The molecule has 2 aromatic heterocycles. The van der Waals surface area contributed by atoms with Crippen LogP contribution in [0.5, 0.6) is 5.75 Å². The van der Waals surface area contributed by atoms with Gasteiger partial charge in [0.05, 0.1) is 20.3 Å². The predicted molar refractivity (Wildman–Crippen MR) is 84.9 cm³/mol. The molecule has 0 saturated heterocycles. The maximum absolute atomic E-state index is 12.0. The number of methoxy groups -OCH3 is 1. The summed E-state index contributed by atoms with van der Waals surface area (Å²) < 4.78 is 5.13. The lowest BCUT2D eigenvalue weighted by Crippen LogP contribution is -2.21. The van der Waals surface area contributed by atoms with E-state index in [1.165, 1.54) is 11.3 Å². The van der Waals surface area contributed by atoms with Crippen LogP contribution in [0.3, 0.4) is 0 Å². The zero-order valence-corrected chi connectivity index (χ0v) is 13.1. The van der Waals surface area contributed by atoms with Crippen molar-refractivity contribution in [1.82, 2.24) is 5.32 Å². The lowest BCUT2D eigenvalue weighted by molar-refractivity contribution is 0.0952. The third-order valence-electron chi connectivity index (χ3n) is 2.60. The lowest BCUT2D eigenvalue weighted by atomic mass is 10.3. The summed E-state index contributed by atoms with van der Waals surface area (Å²) in [5.74, 6) is 6.30. The monoisotopic (exact) mass is 321 g/mol. The van der Waals surface area contributed by atoms with Crippen LogP contribution in [-0.2, 0) is 6.54 Å². The maximum atomic E-state index is 12.0. The molecule has 1 amide bonds. The van der Waals surface area contributed by atoms with Crippen LogP contribution in [0.1, 0.15) is 26.5 Å². The van der Waals surface area contributed by atoms with Crippen LogP contribution in [-0.4, -0.2) is 24.7 Å². The zero-order chi connectivity index (χ0) is 15.1. The minimum Gasteiger partial charge on any atom is -0.495 e. The number of rotatable bonds is 5. The Morgan fingerprint density at radius 1 is 1.48 bits per heavy atom. The summed E-state index contributed by atoms with van der Waals surface area (Å²) in [6.45, 7) is 0.537. The Labute approximate surface area is 131 Å². The quantitative estimate of drug-likeness (QED) is 0.832. The molecule has 21 heavy (non-hydrogen) atoms. The number of ether oxygens (including phenoxy) is 1. The molecule has 2 heterocycles. The van der Waals surface area contributed by atoms with Gasteiger partial charge in [-0.05, 0) is 17.5 Å². The van der Waals surface area contributed by atoms with Crippen LogP contribution in [0.15, 0.2) is 22.9 Å². The SMILES string of the molecule is COc1ccsc1C(=O)NCc1cc(C#CCCO)cs1. The fourth-order valence-electron chi connectivity index (χ4n) is 1.63. The van der Waals surface area contributed by atoms with Gasteiger partial charge in [0.2, 0.25) is 0 Å². The number of aliphatic hydroxyl groups excluding tert-OH is 1. The van der Waals surface area contributed by atoms with E-state index in [1.54, 1.807) is 24.5 Å². The average Bonchev–Trinajstić information content (AvgIpc) is 3.14. The Morgan fingerprint density at radius 3 is 3.10 bits per heavy atom. The molecule has 2 N–H and O–H groups in total. The smallest absolute Gasteiger partial charge is 0.265 e. The molecule has 0 aliphatic carbocycles. The topological polar surface area (TPSA) is 58.6 Å². The van der Waals surface area contributed by atoms with Crippen LogP contribution in [0.4, 0.5) is 0 Å². The van der Waals surface area contributed by atoms with Gasteiger partial charge in [0.1, 0.15) is 10.6 Å². The summed E-state index contributed by atoms with van der Waals surface area (Å²) in [4.78, 5) is 13.7. The van der Waals surface area contributed by atoms with Crippen LogP contribution in [0.25, 0.3) is 0 Å². The molecule has 0 aromatic carbocycles. The number of hydrogen-bond acceptors (Lipinski definition) is 5. The van der Waals surface area contributed by atoms with Crippen LogP contribution in [0.2, 0.25) is 0 Å². The van der Waals surface area contributed by atoms with E-state index in [0.717, 1.165) is 10.4 Å². The van der Waals surface area contributed by atoms with Gasteiger partial charge in [-0.25, -0.2) is 0 Å². The second kappa shape index (κ2) is 7.84. The van der Waals surface area contributed by atoms with Gasteiger partial charge in [-0.15, -0.1) is 22.7 Å². The lowest BCUT2D eigenvalue weighted by Gasteiger charge is -2.03. The molecule has 0 atom stereocenters. The van der Waals surface area contributed by atoms with E-state index in [0.29, 0.717) is 23.6 Å². The first-order valence-corrected chi connectivity index (χ1v) is 8.07. The highest BCUT2D eigenvalue weighted by atomic mass is 32.1. The van der Waals surface area contributed by atoms with Crippen LogP contribution >= 0.6 is 22.7 Å². The van der Waals surface area contributed by atoms with Gasteiger partial charge in [0, 0.05) is 22.2 Å². The Morgan fingerprint density at radius 2 is 2.33 bits per heavy atom. The number of hydrogen-bond donors (Lipinski definition) is 2. The van der Waals surface area contributed by atoms with E-state index in [1.807, 2.05) is 16.8 Å². The summed E-state index contributed by atoms with van der Waals surface area (Å²) in [5.41, 5.74) is 0.909. The van der Waals surface area contributed by atoms with Gasteiger partial charge in [0.15, 0.2) is 0 Å². The summed E-state index contributed by atoms with van der Waals surface area (Å²) >= 11 is 2.91. The first kappa shape index (κ1) is 15.6. The highest BCUT2D eigenvalue weighted by molar-refractivity contribution is 7.12. The number of carbonyl (C=O) groups excluding carboxylic acids is 1. The molecule has 0 radical (unpaired) electrons. The van der Waals surface area contributed by atoms with Crippen molar-refractivity contribution < 1.29 is 14.6 Å². The van der Waals surface area contributed by atoms with Crippen molar-refractivity contribution in [3.8, 4) is 17.6 Å². The number of carbonyl (C=O) groups is 1. The third-order valence-corrected chi connectivity index (χ3v) is 4.43. The summed E-state index contributed by atoms with van der Waals surface area (Å²) in [6.07, 6.45) is 0.472. The van der Waals surface area contributed by atoms with Gasteiger partial charge in [-0.1, -0.05) is 11.8 Å². The minimum absolute atomic E-state index is 0.0721. The van der Waals surface area contributed by atoms with E-state index >= 15 is 0 Å².